The van der Waals surface area contributed by atoms with E-state index in [1.165, 1.54) is 22.7 Å². The van der Waals surface area contributed by atoms with Crippen molar-refractivity contribution >= 4 is 22.7 Å². The van der Waals surface area contributed by atoms with Crippen molar-refractivity contribution in [2.75, 3.05) is 18.9 Å². The van der Waals surface area contributed by atoms with Gasteiger partial charge in [-0.15, -0.1) is 0 Å². The zero-order valence-electron chi connectivity index (χ0n) is 10.3. The molecule has 2 nitrogen and oxygen atoms in total. The molecule has 0 aliphatic carbocycles. The Morgan fingerprint density at radius 3 is 1.82 bits per heavy atom. The van der Waals surface area contributed by atoms with Crippen molar-refractivity contribution in [2.45, 2.75) is 6.92 Å². The summed E-state index contributed by atoms with van der Waals surface area (Å²) in [5.41, 5.74) is 5.12. The maximum absolute atomic E-state index is 3.51. The fraction of sp³-hybridized carbons (Fsp3) is 0.200. The molecular formula is C15H17N2+. The van der Waals surface area contributed by atoms with E-state index in [4.69, 9.17) is 0 Å². The molecule has 0 bridgehead atoms. The number of anilines is 2. The Kier molecular flexibility index (Phi) is 2.20. The molecule has 1 heterocycles. The smallest absolute Gasteiger partial charge is 0.161 e. The van der Waals surface area contributed by atoms with Crippen LogP contribution in [0.5, 0.6) is 0 Å². The van der Waals surface area contributed by atoms with Gasteiger partial charge in [0.2, 0.25) is 0 Å². The van der Waals surface area contributed by atoms with Crippen molar-refractivity contribution in [3.05, 3.63) is 48.5 Å². The summed E-state index contributed by atoms with van der Waals surface area (Å²) in [5, 5.41) is 3.51. The predicted octanol–water partition coefficient (Wildman–Crippen LogP) is 4.03. The number of hydrogen-bond donors (Lipinski definition) is 1. The first-order valence-corrected chi connectivity index (χ1v) is 6.07. The van der Waals surface area contributed by atoms with Crippen LogP contribution in [-0.2, 0) is 0 Å². The van der Waals surface area contributed by atoms with Crippen LogP contribution in [0.25, 0.3) is 0 Å². The molecule has 17 heavy (non-hydrogen) atoms. The second kappa shape index (κ2) is 3.60. The van der Waals surface area contributed by atoms with Crippen LogP contribution < -0.4 is 9.80 Å². The van der Waals surface area contributed by atoms with Gasteiger partial charge in [0, 0.05) is 12.1 Å². The second-order valence-electron chi connectivity index (χ2n) is 4.67. The third kappa shape index (κ3) is 1.38. The summed E-state index contributed by atoms with van der Waals surface area (Å²) in [5.74, 6) is 0. The first kappa shape index (κ1) is 10.4. The maximum Gasteiger partial charge on any atom is 0.161 e. The van der Waals surface area contributed by atoms with Gasteiger partial charge in [0.15, 0.2) is 11.4 Å². The zero-order chi connectivity index (χ0) is 11.9. The lowest BCUT2D eigenvalue weighted by Crippen LogP contribution is -2.41. The highest BCUT2D eigenvalue weighted by molar-refractivity contribution is 5.88. The summed E-state index contributed by atoms with van der Waals surface area (Å²) in [7, 11) is 2.28. The fourth-order valence-corrected chi connectivity index (χ4v) is 2.63. The third-order valence-corrected chi connectivity index (χ3v) is 3.77. The molecule has 2 heteroatoms. The summed E-state index contributed by atoms with van der Waals surface area (Å²) in [6.07, 6.45) is 0. The number of quaternary nitrogens is 1. The van der Waals surface area contributed by atoms with E-state index in [1.807, 2.05) is 0 Å². The molecule has 0 amide bonds. The Balaban J connectivity index is 2.28. The Bertz CT molecular complexity index is 515. The van der Waals surface area contributed by atoms with Gasteiger partial charge in [-0.05, 0) is 19.1 Å². The van der Waals surface area contributed by atoms with E-state index in [2.05, 4.69) is 67.8 Å². The number of nitrogens with zero attached hydrogens (tertiary/aromatic N) is 1. The minimum Gasteiger partial charge on any atom is -0.346 e. The van der Waals surface area contributed by atoms with Gasteiger partial charge in [0.25, 0.3) is 0 Å². The van der Waals surface area contributed by atoms with Crippen molar-refractivity contribution in [3.63, 3.8) is 0 Å². The second-order valence-corrected chi connectivity index (χ2v) is 4.67. The van der Waals surface area contributed by atoms with Crippen LogP contribution in [0.2, 0.25) is 0 Å². The molecule has 0 saturated heterocycles. The predicted molar refractivity (Wildman–Crippen MR) is 74.1 cm³/mol. The van der Waals surface area contributed by atoms with Gasteiger partial charge in [-0.25, -0.2) is 0 Å². The highest BCUT2D eigenvalue weighted by atomic mass is 15.4. The van der Waals surface area contributed by atoms with E-state index in [0.29, 0.717) is 0 Å². The third-order valence-electron chi connectivity index (χ3n) is 3.77. The molecule has 2 aromatic carbocycles. The molecule has 0 fully saturated rings. The highest BCUT2D eigenvalue weighted by Crippen LogP contribution is 2.47. The maximum atomic E-state index is 3.51. The van der Waals surface area contributed by atoms with Crippen LogP contribution >= 0.6 is 0 Å². The fourth-order valence-electron chi connectivity index (χ4n) is 2.63. The molecular weight excluding hydrogens is 208 g/mol. The van der Waals surface area contributed by atoms with E-state index in [0.717, 1.165) is 11.0 Å². The topological polar surface area (TPSA) is 12.0 Å². The van der Waals surface area contributed by atoms with Crippen LogP contribution in [0.3, 0.4) is 0 Å². The van der Waals surface area contributed by atoms with Crippen LogP contribution in [0.15, 0.2) is 48.5 Å². The molecule has 1 aliphatic rings. The monoisotopic (exact) mass is 225 g/mol. The van der Waals surface area contributed by atoms with Crippen LogP contribution in [0.4, 0.5) is 22.7 Å². The van der Waals surface area contributed by atoms with Crippen molar-refractivity contribution < 1.29 is 0 Å². The number of fused-ring (bicyclic) bond motifs is 2. The van der Waals surface area contributed by atoms with Gasteiger partial charge >= 0.3 is 0 Å². The van der Waals surface area contributed by atoms with Crippen LogP contribution in [-0.4, -0.2) is 13.6 Å². The quantitative estimate of drug-likeness (QED) is 0.722. The lowest BCUT2D eigenvalue weighted by atomic mass is 10.1. The normalized spacial score (nSPS) is 15.6. The van der Waals surface area contributed by atoms with Gasteiger partial charge in [-0.1, -0.05) is 24.3 Å². The summed E-state index contributed by atoms with van der Waals surface area (Å²) in [6.45, 7) is 3.29. The molecule has 0 unspecified atom stereocenters. The Labute approximate surface area is 102 Å². The number of para-hydroxylation sites is 4. The lowest BCUT2D eigenvalue weighted by Gasteiger charge is -2.38. The van der Waals surface area contributed by atoms with Crippen molar-refractivity contribution in [2.24, 2.45) is 0 Å². The number of benzene rings is 2. The minimum atomic E-state index is 0.860. The van der Waals surface area contributed by atoms with Crippen molar-refractivity contribution in [1.29, 1.82) is 0 Å². The molecule has 2 aromatic rings. The van der Waals surface area contributed by atoms with Gasteiger partial charge < -0.3 is 5.32 Å². The first-order chi connectivity index (χ1) is 8.25. The molecule has 3 rings (SSSR count). The Morgan fingerprint density at radius 1 is 0.882 bits per heavy atom. The Morgan fingerprint density at radius 2 is 1.35 bits per heavy atom. The lowest BCUT2D eigenvalue weighted by molar-refractivity contribution is 0.481. The molecule has 86 valence electrons. The molecule has 1 N–H and O–H groups in total. The average Bonchev–Trinajstić information content (AvgIpc) is 2.39. The van der Waals surface area contributed by atoms with Gasteiger partial charge in [0.05, 0.1) is 13.6 Å². The van der Waals surface area contributed by atoms with Crippen LogP contribution in [0, 0.1) is 0 Å². The Hall–Kier alpha value is -1.80. The van der Waals surface area contributed by atoms with E-state index in [-0.39, 0.29) is 0 Å². The molecule has 0 spiro atoms. The minimum absolute atomic E-state index is 0.860. The molecule has 1 aliphatic heterocycles. The van der Waals surface area contributed by atoms with E-state index < -0.39 is 0 Å². The molecule has 0 saturated carbocycles. The van der Waals surface area contributed by atoms with E-state index in [1.54, 1.807) is 0 Å². The summed E-state index contributed by atoms with van der Waals surface area (Å²) >= 11 is 0. The van der Waals surface area contributed by atoms with Crippen molar-refractivity contribution in [3.8, 4) is 0 Å². The van der Waals surface area contributed by atoms with E-state index in [9.17, 15) is 0 Å². The largest absolute Gasteiger partial charge is 0.346 e. The van der Waals surface area contributed by atoms with Crippen LogP contribution in [0.1, 0.15) is 6.92 Å². The molecule has 0 radical (unpaired) electrons. The van der Waals surface area contributed by atoms with Crippen molar-refractivity contribution in [1.82, 2.24) is 4.48 Å². The standard InChI is InChI=1S/C15H17N2/c1-3-17(2)14-10-6-4-8-12(14)16-13-9-5-7-11-15(13)17/h4-11,16H,3H2,1-2H3/q+1. The number of hydrogen-bond acceptors (Lipinski definition) is 1. The average molecular weight is 225 g/mol. The molecule has 0 aromatic heterocycles. The zero-order valence-corrected chi connectivity index (χ0v) is 10.3. The summed E-state index contributed by atoms with van der Waals surface area (Å²) < 4.78 is 0.860. The van der Waals surface area contributed by atoms with Gasteiger partial charge in [-0.2, -0.15) is 0 Å². The number of rotatable bonds is 1. The highest BCUT2D eigenvalue weighted by Gasteiger charge is 2.35. The summed E-state index contributed by atoms with van der Waals surface area (Å²) in [4.78, 5) is 0. The van der Waals surface area contributed by atoms with E-state index >= 15 is 0 Å². The molecule has 0 atom stereocenters. The summed E-state index contributed by atoms with van der Waals surface area (Å²) in [6, 6.07) is 17.1. The van der Waals surface area contributed by atoms with Gasteiger partial charge in [0.1, 0.15) is 11.4 Å². The first-order valence-electron chi connectivity index (χ1n) is 6.07. The SMILES string of the molecule is CC[N+]1(C)c2ccccc2Nc2ccccc21. The van der Waals surface area contributed by atoms with Gasteiger partial charge in [-0.3, -0.25) is 4.48 Å². The number of nitrogens with one attached hydrogen (secondary N) is 1.